The number of hydrogen-bond acceptors (Lipinski definition) is 5. The van der Waals surface area contributed by atoms with Gasteiger partial charge < -0.3 is 16.0 Å². The highest BCUT2D eigenvalue weighted by atomic mass is 16.2. The third-order valence-electron chi connectivity index (χ3n) is 5.35. The van der Waals surface area contributed by atoms with E-state index in [-0.39, 0.29) is 12.3 Å². The molecule has 0 spiro atoms. The monoisotopic (exact) mass is 440 g/mol. The zero-order chi connectivity index (χ0) is 23.4. The van der Waals surface area contributed by atoms with E-state index in [2.05, 4.69) is 10.3 Å². The lowest BCUT2D eigenvalue weighted by molar-refractivity contribution is -0.127. The summed E-state index contributed by atoms with van der Waals surface area (Å²) in [5.41, 5.74) is 8.78. The molecule has 1 aliphatic heterocycles. The molecule has 1 aliphatic rings. The van der Waals surface area contributed by atoms with Crippen LogP contribution in [0.3, 0.4) is 0 Å². The summed E-state index contributed by atoms with van der Waals surface area (Å²) in [6.07, 6.45) is -1.23. The molecule has 0 saturated heterocycles. The van der Waals surface area contributed by atoms with E-state index in [0.29, 0.717) is 22.5 Å². The topological polar surface area (TPSA) is 105 Å². The molecule has 0 fully saturated rings. The normalized spacial score (nSPS) is 16.3. The first kappa shape index (κ1) is 22.1. The molecule has 0 bridgehead atoms. The van der Waals surface area contributed by atoms with E-state index in [1.54, 1.807) is 36.4 Å². The van der Waals surface area contributed by atoms with Crippen LogP contribution in [0, 0.1) is 0 Å². The Morgan fingerprint density at radius 2 is 1.58 bits per heavy atom. The van der Waals surface area contributed by atoms with E-state index >= 15 is 0 Å². The summed E-state index contributed by atoms with van der Waals surface area (Å²) in [6, 6.07) is 24.6. The van der Waals surface area contributed by atoms with Crippen molar-refractivity contribution in [1.82, 2.24) is 5.32 Å². The molecule has 166 valence electrons. The Hall–Kier alpha value is -4.10. The number of nitrogens with one attached hydrogen (secondary N) is 1. The number of para-hydroxylation sites is 1. The smallest absolute Gasteiger partial charge is 0.272 e. The van der Waals surface area contributed by atoms with Gasteiger partial charge in [0.25, 0.3) is 5.91 Å². The predicted molar refractivity (Wildman–Crippen MR) is 127 cm³/mol. The summed E-state index contributed by atoms with van der Waals surface area (Å²) in [5.74, 6) is -1.24. The first-order valence-corrected chi connectivity index (χ1v) is 10.6. The van der Waals surface area contributed by atoms with Crippen LogP contribution in [-0.2, 0) is 9.59 Å². The van der Waals surface area contributed by atoms with E-state index in [1.807, 2.05) is 48.5 Å². The number of hydrogen-bond donors (Lipinski definition) is 2. The molecule has 3 aromatic rings. The molecule has 3 N–H and O–H groups in total. The van der Waals surface area contributed by atoms with E-state index in [0.717, 1.165) is 5.56 Å². The van der Waals surface area contributed by atoms with E-state index in [4.69, 9.17) is 5.73 Å². The maximum atomic E-state index is 13.6. The summed E-state index contributed by atoms with van der Waals surface area (Å²) in [4.78, 5) is 45.1. The lowest BCUT2D eigenvalue weighted by atomic mass is 10.00. The van der Waals surface area contributed by atoms with E-state index < -0.39 is 24.0 Å². The molecule has 3 aromatic carbocycles. The van der Waals surface area contributed by atoms with Crippen LogP contribution in [0.4, 0.5) is 5.69 Å². The molecular weight excluding hydrogens is 416 g/mol. The number of Topliss-reactive ketones (excluding diaryl/α,β-unsaturated/α-hetero) is 1. The number of nitrogens with two attached hydrogens (primary N) is 1. The molecule has 2 amide bonds. The molecule has 0 aromatic heterocycles. The molecular formula is C26H24N4O3. The second-order valence-electron chi connectivity index (χ2n) is 7.77. The number of ketones is 1. The summed E-state index contributed by atoms with van der Waals surface area (Å²) in [5, 5.41) is 2.63. The zero-order valence-electron chi connectivity index (χ0n) is 18.1. The van der Waals surface area contributed by atoms with Gasteiger partial charge in [0.2, 0.25) is 12.1 Å². The molecule has 1 heterocycles. The Bertz CT molecular complexity index is 1210. The fourth-order valence-electron chi connectivity index (χ4n) is 3.64. The van der Waals surface area contributed by atoms with Crippen LogP contribution in [0.5, 0.6) is 0 Å². The molecule has 1 unspecified atom stereocenters. The van der Waals surface area contributed by atoms with Crippen molar-refractivity contribution >= 4 is 29.0 Å². The van der Waals surface area contributed by atoms with E-state index in [9.17, 15) is 14.4 Å². The Morgan fingerprint density at radius 1 is 0.970 bits per heavy atom. The quantitative estimate of drug-likeness (QED) is 0.575. The molecule has 4 rings (SSSR count). The number of amides is 2. The largest absolute Gasteiger partial charge is 0.325 e. The van der Waals surface area contributed by atoms with Crippen molar-refractivity contribution in [2.45, 2.75) is 19.1 Å². The molecule has 7 heteroatoms. The van der Waals surface area contributed by atoms with Crippen molar-refractivity contribution in [2.75, 3.05) is 11.4 Å². The van der Waals surface area contributed by atoms with Crippen LogP contribution >= 0.6 is 0 Å². The van der Waals surface area contributed by atoms with E-state index in [1.165, 1.54) is 11.8 Å². The van der Waals surface area contributed by atoms with Crippen molar-refractivity contribution in [2.24, 2.45) is 10.7 Å². The number of aliphatic imine (C=N–C) groups is 1. The van der Waals surface area contributed by atoms with Gasteiger partial charge >= 0.3 is 0 Å². The second kappa shape index (κ2) is 9.58. The lowest BCUT2D eigenvalue weighted by Crippen LogP contribution is -2.52. The average Bonchev–Trinajstić information content (AvgIpc) is 2.95. The maximum Gasteiger partial charge on any atom is 0.272 e. The van der Waals surface area contributed by atoms with Crippen molar-refractivity contribution < 1.29 is 14.4 Å². The Balaban J connectivity index is 1.82. The first-order valence-electron chi connectivity index (χ1n) is 10.6. The number of carbonyl (C=O) groups is 3. The lowest BCUT2D eigenvalue weighted by Gasteiger charge is -2.25. The Morgan fingerprint density at radius 3 is 2.24 bits per heavy atom. The predicted octanol–water partition coefficient (Wildman–Crippen LogP) is 2.54. The van der Waals surface area contributed by atoms with Gasteiger partial charge in [-0.1, -0.05) is 78.9 Å². The van der Waals surface area contributed by atoms with Crippen LogP contribution in [0.25, 0.3) is 0 Å². The van der Waals surface area contributed by atoms with Gasteiger partial charge in [-0.05, 0) is 13.0 Å². The first-order chi connectivity index (χ1) is 16.0. The van der Waals surface area contributed by atoms with Gasteiger partial charge in [0.1, 0.15) is 0 Å². The fourth-order valence-corrected chi connectivity index (χ4v) is 3.64. The number of benzene rings is 3. The Labute approximate surface area is 191 Å². The molecule has 2 atom stereocenters. The van der Waals surface area contributed by atoms with Crippen LogP contribution < -0.4 is 16.0 Å². The summed E-state index contributed by atoms with van der Waals surface area (Å²) < 4.78 is 0. The highest BCUT2D eigenvalue weighted by molar-refractivity contribution is 6.21. The standard InChI is InChI=1S/C26H24N4O3/c1-17(27)25(32)29-24-26(33)30(16-22(31)18-10-4-2-5-11-18)21-15-9-8-14-20(21)23(28-24)19-12-6-3-7-13-19/h2-15,17,24H,16,27H2,1H3,(H,29,32)/t17-,24?/m0/s1. The van der Waals surface area contributed by atoms with Gasteiger partial charge in [-0.3, -0.25) is 14.4 Å². The molecule has 33 heavy (non-hydrogen) atoms. The van der Waals surface area contributed by atoms with Crippen LogP contribution in [0.1, 0.15) is 28.4 Å². The molecule has 0 aliphatic carbocycles. The Kier molecular flexibility index (Phi) is 6.42. The van der Waals surface area contributed by atoms with Gasteiger partial charge in [-0.15, -0.1) is 0 Å². The van der Waals surface area contributed by atoms with Crippen molar-refractivity contribution in [1.29, 1.82) is 0 Å². The van der Waals surface area contributed by atoms with Crippen LogP contribution in [-0.4, -0.2) is 42.1 Å². The zero-order valence-corrected chi connectivity index (χ0v) is 18.1. The minimum atomic E-state index is -1.23. The number of fused-ring (bicyclic) bond motifs is 1. The third-order valence-corrected chi connectivity index (χ3v) is 5.35. The maximum absolute atomic E-state index is 13.6. The number of rotatable bonds is 6. The van der Waals surface area contributed by atoms with Gasteiger partial charge in [0.15, 0.2) is 5.78 Å². The minimum Gasteiger partial charge on any atom is -0.325 e. The third kappa shape index (κ3) is 4.73. The van der Waals surface area contributed by atoms with Gasteiger partial charge in [-0.25, -0.2) is 4.99 Å². The van der Waals surface area contributed by atoms with Gasteiger partial charge in [0.05, 0.1) is 24.0 Å². The number of nitrogens with zero attached hydrogens (tertiary/aromatic N) is 2. The van der Waals surface area contributed by atoms with Crippen LogP contribution in [0.2, 0.25) is 0 Å². The van der Waals surface area contributed by atoms with Crippen LogP contribution in [0.15, 0.2) is 89.9 Å². The number of anilines is 1. The highest BCUT2D eigenvalue weighted by Gasteiger charge is 2.34. The molecule has 7 nitrogen and oxygen atoms in total. The summed E-state index contributed by atoms with van der Waals surface area (Å²) in [7, 11) is 0. The van der Waals surface area contributed by atoms with Crippen molar-refractivity contribution in [3.8, 4) is 0 Å². The van der Waals surface area contributed by atoms with Crippen molar-refractivity contribution in [3.05, 3.63) is 102 Å². The summed E-state index contributed by atoms with van der Waals surface area (Å²) >= 11 is 0. The van der Waals surface area contributed by atoms with Crippen molar-refractivity contribution in [3.63, 3.8) is 0 Å². The minimum absolute atomic E-state index is 0.192. The van der Waals surface area contributed by atoms with Gasteiger partial charge in [-0.2, -0.15) is 0 Å². The number of carbonyl (C=O) groups excluding carboxylic acids is 3. The second-order valence-corrected chi connectivity index (χ2v) is 7.77. The average molecular weight is 441 g/mol. The molecule has 0 radical (unpaired) electrons. The molecule has 0 saturated carbocycles. The number of benzodiazepines with no additional fused rings is 1. The highest BCUT2D eigenvalue weighted by Crippen LogP contribution is 2.28. The van der Waals surface area contributed by atoms with Gasteiger partial charge in [0, 0.05) is 16.7 Å². The fraction of sp³-hybridized carbons (Fsp3) is 0.154. The SMILES string of the molecule is C[C@H](N)C(=O)NC1N=C(c2ccccc2)c2ccccc2N(CC(=O)c2ccccc2)C1=O. The summed E-state index contributed by atoms with van der Waals surface area (Å²) in [6.45, 7) is 1.34.